The van der Waals surface area contributed by atoms with Gasteiger partial charge < -0.3 is 4.90 Å². The molecule has 0 atom stereocenters. The lowest BCUT2D eigenvalue weighted by Gasteiger charge is -2.42. The van der Waals surface area contributed by atoms with E-state index in [0.717, 1.165) is 11.1 Å². The third-order valence-electron chi connectivity index (χ3n) is 7.84. The minimum Gasteiger partial charge on any atom is -0.310 e. The van der Waals surface area contributed by atoms with Gasteiger partial charge in [0.2, 0.25) is 0 Å². The largest absolute Gasteiger partial charge is 0.310 e. The van der Waals surface area contributed by atoms with Crippen LogP contribution >= 0.6 is 0 Å². The summed E-state index contributed by atoms with van der Waals surface area (Å²) in [6, 6.07) is 41.3. The summed E-state index contributed by atoms with van der Waals surface area (Å²) >= 11 is 0. The Labute approximate surface area is 210 Å². The van der Waals surface area contributed by atoms with Gasteiger partial charge in [-0.2, -0.15) is 5.26 Å². The molecule has 36 heavy (non-hydrogen) atoms. The number of rotatable bonds is 1. The molecule has 2 heteroatoms. The fraction of sp³-hybridized carbons (Fsp3) is 0.0882. The molecule has 0 saturated heterocycles. The second kappa shape index (κ2) is 7.44. The van der Waals surface area contributed by atoms with Crippen molar-refractivity contribution in [2.24, 2.45) is 0 Å². The molecule has 0 fully saturated rings. The third-order valence-corrected chi connectivity index (χ3v) is 7.84. The molecule has 0 saturated carbocycles. The van der Waals surface area contributed by atoms with Crippen molar-refractivity contribution < 1.29 is 0 Å². The van der Waals surface area contributed by atoms with Crippen LogP contribution in [-0.2, 0) is 5.41 Å². The molecule has 7 rings (SSSR count). The molecule has 6 aromatic rings. The van der Waals surface area contributed by atoms with E-state index in [0.29, 0.717) is 5.56 Å². The van der Waals surface area contributed by atoms with Crippen LogP contribution in [0.4, 0.5) is 17.1 Å². The SMILES string of the molecule is CC1(C)c2ccccc2N(c2ccc3c(ccc4c5ccc(C#N)cc5ccc34)c2)c2ccccc21. The Balaban J connectivity index is 1.45. The van der Waals surface area contributed by atoms with Crippen molar-refractivity contribution in [3.8, 4) is 6.07 Å². The van der Waals surface area contributed by atoms with Crippen molar-refractivity contribution in [3.63, 3.8) is 0 Å². The van der Waals surface area contributed by atoms with E-state index in [1.807, 2.05) is 12.1 Å². The van der Waals surface area contributed by atoms with Crippen LogP contribution in [-0.4, -0.2) is 0 Å². The van der Waals surface area contributed by atoms with Crippen molar-refractivity contribution >= 4 is 49.4 Å². The second-order valence-electron chi connectivity index (χ2n) is 10.2. The molecule has 2 nitrogen and oxygen atoms in total. The van der Waals surface area contributed by atoms with E-state index in [4.69, 9.17) is 0 Å². The van der Waals surface area contributed by atoms with Crippen LogP contribution in [0.25, 0.3) is 32.3 Å². The number of fused-ring (bicyclic) bond motifs is 7. The maximum atomic E-state index is 9.28. The summed E-state index contributed by atoms with van der Waals surface area (Å²) in [4.78, 5) is 2.41. The van der Waals surface area contributed by atoms with Gasteiger partial charge in [0.05, 0.1) is 23.0 Å². The fourth-order valence-corrected chi connectivity index (χ4v) is 6.03. The molecule has 1 aliphatic rings. The van der Waals surface area contributed by atoms with Gasteiger partial charge in [-0.15, -0.1) is 0 Å². The first-order chi connectivity index (χ1) is 17.6. The highest BCUT2D eigenvalue weighted by Crippen LogP contribution is 2.51. The lowest BCUT2D eigenvalue weighted by atomic mass is 9.73. The van der Waals surface area contributed by atoms with Gasteiger partial charge in [0.1, 0.15) is 0 Å². The molecule has 6 aromatic carbocycles. The van der Waals surface area contributed by atoms with Crippen molar-refractivity contribution in [1.29, 1.82) is 5.26 Å². The Kier molecular flexibility index (Phi) is 4.29. The second-order valence-corrected chi connectivity index (χ2v) is 10.2. The molecule has 0 spiro atoms. The fourth-order valence-electron chi connectivity index (χ4n) is 6.03. The highest BCUT2D eigenvalue weighted by atomic mass is 15.2. The van der Waals surface area contributed by atoms with Crippen LogP contribution in [0.2, 0.25) is 0 Å². The summed E-state index contributed by atoms with van der Waals surface area (Å²) in [6.45, 7) is 4.64. The van der Waals surface area contributed by atoms with Gasteiger partial charge in [-0.05, 0) is 79.8 Å². The molecule has 1 heterocycles. The van der Waals surface area contributed by atoms with Gasteiger partial charge in [-0.25, -0.2) is 0 Å². The Morgan fingerprint density at radius 3 is 1.72 bits per heavy atom. The topological polar surface area (TPSA) is 27.0 Å². The van der Waals surface area contributed by atoms with Crippen molar-refractivity contribution in [2.45, 2.75) is 19.3 Å². The number of benzene rings is 6. The molecule has 1 aliphatic heterocycles. The Bertz CT molecular complexity index is 1840. The number of hydrogen-bond donors (Lipinski definition) is 0. The molecule has 0 radical (unpaired) electrons. The molecule has 0 bridgehead atoms. The third kappa shape index (κ3) is 2.84. The molecule has 0 amide bonds. The lowest BCUT2D eigenvalue weighted by Crippen LogP contribution is -2.30. The average molecular weight is 461 g/mol. The molecule has 0 N–H and O–H groups in total. The molecule has 0 unspecified atom stereocenters. The van der Waals surface area contributed by atoms with Crippen LogP contribution in [0.1, 0.15) is 30.5 Å². The van der Waals surface area contributed by atoms with E-state index < -0.39 is 0 Å². The van der Waals surface area contributed by atoms with Gasteiger partial charge >= 0.3 is 0 Å². The monoisotopic (exact) mass is 460 g/mol. The summed E-state index contributed by atoms with van der Waals surface area (Å²) in [5.74, 6) is 0. The zero-order valence-electron chi connectivity index (χ0n) is 20.3. The van der Waals surface area contributed by atoms with E-state index in [-0.39, 0.29) is 5.41 Å². The Hall–Kier alpha value is -4.61. The number of nitriles is 1. The average Bonchev–Trinajstić information content (AvgIpc) is 2.92. The van der Waals surface area contributed by atoms with Gasteiger partial charge in [-0.3, -0.25) is 0 Å². The van der Waals surface area contributed by atoms with Crippen molar-refractivity contribution in [3.05, 3.63) is 126 Å². The lowest BCUT2D eigenvalue weighted by molar-refractivity contribution is 0.632. The first-order valence-electron chi connectivity index (χ1n) is 12.3. The predicted molar refractivity (Wildman–Crippen MR) is 150 cm³/mol. The van der Waals surface area contributed by atoms with E-state index in [1.54, 1.807) is 0 Å². The minimum absolute atomic E-state index is 0.0663. The summed E-state index contributed by atoms with van der Waals surface area (Å²) in [6.07, 6.45) is 0. The summed E-state index contributed by atoms with van der Waals surface area (Å²) in [5, 5.41) is 16.5. The number of nitrogens with zero attached hydrogens (tertiary/aromatic N) is 2. The number of hydrogen-bond acceptors (Lipinski definition) is 2. The zero-order chi connectivity index (χ0) is 24.4. The molecule has 0 aliphatic carbocycles. The first kappa shape index (κ1) is 20.7. The maximum absolute atomic E-state index is 9.28. The van der Waals surface area contributed by atoms with E-state index >= 15 is 0 Å². The molecular formula is C34H24N2. The van der Waals surface area contributed by atoms with Crippen LogP contribution in [0.5, 0.6) is 0 Å². The molecular weight excluding hydrogens is 436 g/mol. The normalized spacial score (nSPS) is 14.0. The van der Waals surface area contributed by atoms with E-state index in [9.17, 15) is 5.26 Å². The van der Waals surface area contributed by atoms with Crippen LogP contribution in [0.15, 0.2) is 109 Å². The van der Waals surface area contributed by atoms with Gasteiger partial charge in [0.25, 0.3) is 0 Å². The number of anilines is 3. The van der Waals surface area contributed by atoms with Crippen molar-refractivity contribution in [1.82, 2.24) is 0 Å². The minimum atomic E-state index is -0.0663. The van der Waals surface area contributed by atoms with E-state index in [1.165, 1.54) is 49.4 Å². The summed E-state index contributed by atoms with van der Waals surface area (Å²) in [5.41, 5.74) is 6.94. The highest BCUT2D eigenvalue weighted by Gasteiger charge is 2.36. The maximum Gasteiger partial charge on any atom is 0.0991 e. The quantitative estimate of drug-likeness (QED) is 0.229. The number of para-hydroxylation sites is 2. The van der Waals surface area contributed by atoms with Gasteiger partial charge in [0, 0.05) is 11.1 Å². The van der Waals surface area contributed by atoms with Crippen LogP contribution in [0.3, 0.4) is 0 Å². The van der Waals surface area contributed by atoms with Crippen molar-refractivity contribution in [2.75, 3.05) is 4.90 Å². The predicted octanol–water partition coefficient (Wildman–Crippen LogP) is 9.13. The zero-order valence-corrected chi connectivity index (χ0v) is 20.3. The first-order valence-corrected chi connectivity index (χ1v) is 12.3. The van der Waals surface area contributed by atoms with Crippen LogP contribution in [0, 0.1) is 11.3 Å². The highest BCUT2D eigenvalue weighted by molar-refractivity contribution is 6.17. The van der Waals surface area contributed by atoms with Crippen LogP contribution < -0.4 is 4.90 Å². The summed E-state index contributed by atoms with van der Waals surface area (Å²) in [7, 11) is 0. The van der Waals surface area contributed by atoms with Gasteiger partial charge in [0.15, 0.2) is 0 Å². The summed E-state index contributed by atoms with van der Waals surface area (Å²) < 4.78 is 0. The molecule has 0 aromatic heterocycles. The Morgan fingerprint density at radius 2 is 1.11 bits per heavy atom. The Morgan fingerprint density at radius 1 is 0.583 bits per heavy atom. The standard InChI is InChI=1S/C34H24N2/c1-34(2)30-7-3-5-9-32(30)36(33-10-6-4-8-31(33)34)25-14-18-27-24(20-25)13-17-28-26-15-11-22(21-35)19-23(26)12-16-29(27)28/h3-20H,1-2H3. The van der Waals surface area contributed by atoms with E-state index in [2.05, 4.69) is 122 Å². The van der Waals surface area contributed by atoms with Gasteiger partial charge in [-0.1, -0.05) is 86.6 Å². The smallest absolute Gasteiger partial charge is 0.0991 e. The molecule has 170 valence electrons.